The van der Waals surface area contributed by atoms with Gasteiger partial charge in [-0.1, -0.05) is 6.07 Å². The Morgan fingerprint density at radius 3 is 2.83 bits per heavy atom. The summed E-state index contributed by atoms with van der Waals surface area (Å²) in [7, 11) is 1.59. The predicted molar refractivity (Wildman–Crippen MR) is 80.9 cm³/mol. The van der Waals surface area contributed by atoms with E-state index in [9.17, 15) is 13.9 Å². The van der Waals surface area contributed by atoms with Crippen LogP contribution in [0.2, 0.25) is 0 Å². The molecule has 3 rings (SSSR count). The average molecular weight is 320 g/mol. The first-order valence-electron chi connectivity index (χ1n) is 7.43. The van der Waals surface area contributed by atoms with Crippen LogP contribution >= 0.6 is 0 Å². The lowest BCUT2D eigenvalue weighted by atomic mass is 10.0. The van der Waals surface area contributed by atoms with Gasteiger partial charge in [0.25, 0.3) is 0 Å². The first-order chi connectivity index (χ1) is 11.1. The van der Waals surface area contributed by atoms with Gasteiger partial charge in [0.15, 0.2) is 11.6 Å². The maximum absolute atomic E-state index is 13.5. The standard InChI is InChI=1S/C17H18F2N2O2/c1-23-14-4-5-20-12(7-14)9-21-10-13(22)8-17(21)11-2-3-15(18)16(19)6-11/h2-7,13,17,22H,8-10H2,1H3/t13-,17+/m0/s1. The summed E-state index contributed by atoms with van der Waals surface area (Å²) in [4.78, 5) is 6.31. The van der Waals surface area contributed by atoms with Gasteiger partial charge in [0.1, 0.15) is 5.75 Å². The van der Waals surface area contributed by atoms with Crippen LogP contribution in [0.25, 0.3) is 0 Å². The van der Waals surface area contributed by atoms with Crippen molar-refractivity contribution in [3.05, 3.63) is 59.4 Å². The molecule has 23 heavy (non-hydrogen) atoms. The van der Waals surface area contributed by atoms with E-state index in [4.69, 9.17) is 4.74 Å². The zero-order valence-corrected chi connectivity index (χ0v) is 12.7. The first kappa shape index (κ1) is 15.8. The molecule has 1 N–H and O–H groups in total. The van der Waals surface area contributed by atoms with Crippen molar-refractivity contribution >= 4 is 0 Å². The van der Waals surface area contributed by atoms with Crippen molar-refractivity contribution in [3.8, 4) is 5.75 Å². The second kappa shape index (κ2) is 6.60. The Bertz CT molecular complexity index is 696. The van der Waals surface area contributed by atoms with Gasteiger partial charge in [-0.3, -0.25) is 9.88 Å². The zero-order valence-electron chi connectivity index (χ0n) is 12.7. The molecule has 0 saturated carbocycles. The van der Waals surface area contributed by atoms with E-state index >= 15 is 0 Å². The highest BCUT2D eigenvalue weighted by Gasteiger charge is 2.32. The number of likely N-dealkylation sites (tertiary alicyclic amines) is 1. The smallest absolute Gasteiger partial charge is 0.159 e. The van der Waals surface area contributed by atoms with E-state index < -0.39 is 17.7 Å². The Hall–Kier alpha value is -2.05. The molecule has 122 valence electrons. The van der Waals surface area contributed by atoms with Crippen LogP contribution in [0.1, 0.15) is 23.7 Å². The SMILES string of the molecule is COc1ccnc(CN2C[C@@H](O)C[C@@H]2c2ccc(F)c(F)c2)c1. The minimum Gasteiger partial charge on any atom is -0.497 e. The number of halogens is 2. The van der Waals surface area contributed by atoms with Gasteiger partial charge in [0, 0.05) is 31.4 Å². The summed E-state index contributed by atoms with van der Waals surface area (Å²) in [6, 6.07) is 7.30. The number of aliphatic hydroxyl groups excluding tert-OH is 1. The van der Waals surface area contributed by atoms with E-state index in [2.05, 4.69) is 4.98 Å². The van der Waals surface area contributed by atoms with Crippen LogP contribution in [0.15, 0.2) is 36.5 Å². The fourth-order valence-corrected chi connectivity index (χ4v) is 3.00. The lowest BCUT2D eigenvalue weighted by Crippen LogP contribution is -2.25. The van der Waals surface area contributed by atoms with Crippen LogP contribution in [-0.4, -0.2) is 34.7 Å². The normalized spacial score (nSPS) is 21.6. The monoisotopic (exact) mass is 320 g/mol. The van der Waals surface area contributed by atoms with Crippen molar-refractivity contribution in [2.24, 2.45) is 0 Å². The number of rotatable bonds is 4. The molecule has 6 heteroatoms. The van der Waals surface area contributed by atoms with Crippen LogP contribution in [0.3, 0.4) is 0 Å². The summed E-state index contributed by atoms with van der Waals surface area (Å²) < 4.78 is 31.8. The summed E-state index contributed by atoms with van der Waals surface area (Å²) in [6.45, 7) is 0.959. The third kappa shape index (κ3) is 3.48. The largest absolute Gasteiger partial charge is 0.497 e. The maximum atomic E-state index is 13.5. The number of benzene rings is 1. The van der Waals surface area contributed by atoms with E-state index in [1.54, 1.807) is 25.4 Å². The Kier molecular flexibility index (Phi) is 4.54. The van der Waals surface area contributed by atoms with Crippen LogP contribution in [0, 0.1) is 11.6 Å². The Morgan fingerprint density at radius 2 is 2.09 bits per heavy atom. The van der Waals surface area contributed by atoms with Crippen molar-refractivity contribution in [2.75, 3.05) is 13.7 Å². The van der Waals surface area contributed by atoms with Crippen molar-refractivity contribution < 1.29 is 18.6 Å². The fourth-order valence-electron chi connectivity index (χ4n) is 3.00. The third-order valence-corrected chi connectivity index (χ3v) is 4.10. The summed E-state index contributed by atoms with van der Waals surface area (Å²) >= 11 is 0. The minimum absolute atomic E-state index is 0.173. The van der Waals surface area contributed by atoms with E-state index in [0.29, 0.717) is 30.8 Å². The molecule has 0 aliphatic carbocycles. The highest BCUT2D eigenvalue weighted by atomic mass is 19.2. The van der Waals surface area contributed by atoms with Gasteiger partial charge in [-0.25, -0.2) is 8.78 Å². The molecule has 1 aliphatic rings. The molecule has 2 aromatic rings. The molecule has 1 aliphatic heterocycles. The zero-order chi connectivity index (χ0) is 16.4. The molecule has 1 fully saturated rings. The van der Waals surface area contributed by atoms with Gasteiger partial charge in [0.05, 0.1) is 18.9 Å². The summed E-state index contributed by atoms with van der Waals surface area (Å²) in [5.74, 6) is -1.03. The van der Waals surface area contributed by atoms with Crippen molar-refractivity contribution in [3.63, 3.8) is 0 Å². The number of hydrogen-bond acceptors (Lipinski definition) is 4. The van der Waals surface area contributed by atoms with E-state index in [1.165, 1.54) is 6.07 Å². The van der Waals surface area contributed by atoms with Gasteiger partial charge >= 0.3 is 0 Å². The van der Waals surface area contributed by atoms with Gasteiger partial charge in [0.2, 0.25) is 0 Å². The lowest BCUT2D eigenvalue weighted by Gasteiger charge is -2.24. The van der Waals surface area contributed by atoms with Gasteiger partial charge < -0.3 is 9.84 Å². The van der Waals surface area contributed by atoms with E-state index in [0.717, 1.165) is 11.8 Å². The van der Waals surface area contributed by atoms with Crippen LogP contribution < -0.4 is 4.74 Å². The number of aromatic nitrogens is 1. The number of nitrogens with zero attached hydrogens (tertiary/aromatic N) is 2. The highest BCUT2D eigenvalue weighted by Crippen LogP contribution is 2.34. The van der Waals surface area contributed by atoms with Gasteiger partial charge in [-0.05, 0) is 30.2 Å². The Balaban J connectivity index is 1.82. The molecule has 0 radical (unpaired) electrons. The average Bonchev–Trinajstić information content (AvgIpc) is 2.90. The third-order valence-electron chi connectivity index (χ3n) is 4.10. The molecular formula is C17H18F2N2O2. The molecule has 4 nitrogen and oxygen atoms in total. The summed E-state index contributed by atoms with van der Waals surface area (Å²) in [6.07, 6.45) is 1.64. The summed E-state index contributed by atoms with van der Waals surface area (Å²) in [5, 5.41) is 9.98. The highest BCUT2D eigenvalue weighted by molar-refractivity contribution is 5.25. The van der Waals surface area contributed by atoms with Crippen molar-refractivity contribution in [1.29, 1.82) is 0 Å². The number of hydrogen-bond donors (Lipinski definition) is 1. The quantitative estimate of drug-likeness (QED) is 0.941. The molecule has 1 aromatic carbocycles. The Morgan fingerprint density at radius 1 is 1.26 bits per heavy atom. The lowest BCUT2D eigenvalue weighted by molar-refractivity contribution is 0.172. The second-order valence-corrected chi connectivity index (χ2v) is 5.70. The molecule has 1 saturated heterocycles. The van der Waals surface area contributed by atoms with Gasteiger partial charge in [-0.15, -0.1) is 0 Å². The molecule has 1 aromatic heterocycles. The number of β-amino-alcohol motifs (C(OH)–C–C–N with tert-alkyl or cyclic N) is 1. The predicted octanol–water partition coefficient (Wildman–Crippen LogP) is 2.68. The number of ether oxygens (including phenoxy) is 1. The van der Waals surface area contributed by atoms with E-state index in [-0.39, 0.29) is 6.04 Å². The molecule has 0 spiro atoms. The molecule has 0 bridgehead atoms. The van der Waals surface area contributed by atoms with Crippen LogP contribution in [0.5, 0.6) is 5.75 Å². The van der Waals surface area contributed by atoms with Crippen LogP contribution in [-0.2, 0) is 6.54 Å². The second-order valence-electron chi connectivity index (χ2n) is 5.70. The van der Waals surface area contributed by atoms with Crippen molar-refractivity contribution in [2.45, 2.75) is 25.1 Å². The van der Waals surface area contributed by atoms with E-state index in [1.807, 2.05) is 11.0 Å². The number of pyridine rings is 1. The first-order valence-corrected chi connectivity index (χ1v) is 7.43. The number of aliphatic hydroxyl groups is 1. The van der Waals surface area contributed by atoms with Gasteiger partial charge in [-0.2, -0.15) is 0 Å². The Labute approximate surface area is 133 Å². The summed E-state index contributed by atoms with van der Waals surface area (Å²) in [5.41, 5.74) is 1.45. The molecule has 2 atom stereocenters. The van der Waals surface area contributed by atoms with Crippen molar-refractivity contribution in [1.82, 2.24) is 9.88 Å². The fraction of sp³-hybridized carbons (Fsp3) is 0.353. The molecule has 0 unspecified atom stereocenters. The molecule has 2 heterocycles. The molecular weight excluding hydrogens is 302 g/mol. The topological polar surface area (TPSA) is 45.6 Å². The number of methoxy groups -OCH3 is 1. The molecule has 0 amide bonds. The maximum Gasteiger partial charge on any atom is 0.159 e. The van der Waals surface area contributed by atoms with Crippen LogP contribution in [0.4, 0.5) is 8.78 Å². The minimum atomic E-state index is -0.872.